The van der Waals surface area contributed by atoms with Crippen LogP contribution in [0.5, 0.6) is 5.75 Å². The third-order valence-electron chi connectivity index (χ3n) is 3.06. The number of para-hydroxylation sites is 1. The molecule has 0 aliphatic carbocycles. The Balaban J connectivity index is 2.02. The molecule has 4 heteroatoms. The molecule has 0 fully saturated rings. The number of ether oxygens (including phenoxy) is 1. The van der Waals surface area contributed by atoms with Gasteiger partial charge in [0, 0.05) is 4.47 Å². The Labute approximate surface area is 124 Å². The Kier molecular flexibility index (Phi) is 3.40. The molecular formula is C16H10BrFO2. The zero-order valence-corrected chi connectivity index (χ0v) is 11.9. The summed E-state index contributed by atoms with van der Waals surface area (Å²) in [5, 5.41) is 0. The first-order valence-corrected chi connectivity index (χ1v) is 6.86. The van der Waals surface area contributed by atoms with Gasteiger partial charge in [-0.2, -0.15) is 4.39 Å². The van der Waals surface area contributed by atoms with Gasteiger partial charge in [0.15, 0.2) is 5.78 Å². The van der Waals surface area contributed by atoms with Gasteiger partial charge in [0.25, 0.3) is 6.36 Å². The van der Waals surface area contributed by atoms with E-state index in [1.165, 1.54) is 6.08 Å². The number of carbonyl (C=O) groups is 1. The largest absolute Gasteiger partial charge is 0.455 e. The van der Waals surface area contributed by atoms with Crippen LogP contribution in [-0.2, 0) is 0 Å². The van der Waals surface area contributed by atoms with Gasteiger partial charge in [0.2, 0.25) is 0 Å². The predicted octanol–water partition coefficient (Wildman–Crippen LogP) is 4.40. The number of fused-ring (bicyclic) bond motifs is 1. The number of Topliss-reactive ketones (excluding diaryl/α,β-unsaturated/α-hetero) is 1. The van der Waals surface area contributed by atoms with Gasteiger partial charge in [-0.1, -0.05) is 40.2 Å². The first-order chi connectivity index (χ1) is 9.65. The van der Waals surface area contributed by atoms with Crippen LogP contribution in [-0.4, -0.2) is 12.1 Å². The molecule has 2 aromatic carbocycles. The topological polar surface area (TPSA) is 26.3 Å². The Bertz CT molecular complexity index is 692. The molecule has 1 aliphatic heterocycles. The maximum absolute atomic E-state index is 14.0. The summed E-state index contributed by atoms with van der Waals surface area (Å²) in [7, 11) is 0. The lowest BCUT2D eigenvalue weighted by Crippen LogP contribution is -2.26. The maximum atomic E-state index is 14.0. The first-order valence-electron chi connectivity index (χ1n) is 6.07. The van der Waals surface area contributed by atoms with Crippen molar-refractivity contribution in [2.24, 2.45) is 0 Å². The summed E-state index contributed by atoms with van der Waals surface area (Å²) in [5.41, 5.74) is 1.16. The summed E-state index contributed by atoms with van der Waals surface area (Å²) in [5.74, 6) is -0.0415. The molecular weight excluding hydrogens is 323 g/mol. The van der Waals surface area contributed by atoms with Crippen molar-refractivity contribution in [3.63, 3.8) is 0 Å². The summed E-state index contributed by atoms with van der Waals surface area (Å²) in [6.07, 6.45) is -0.212. The van der Waals surface area contributed by atoms with E-state index in [0.717, 1.165) is 10.0 Å². The molecule has 1 heterocycles. The van der Waals surface area contributed by atoms with Gasteiger partial charge >= 0.3 is 0 Å². The molecule has 0 saturated carbocycles. The Morgan fingerprint density at radius 3 is 2.55 bits per heavy atom. The van der Waals surface area contributed by atoms with E-state index < -0.39 is 6.36 Å². The second-order valence-electron chi connectivity index (χ2n) is 4.41. The van der Waals surface area contributed by atoms with Crippen molar-refractivity contribution in [3.05, 3.63) is 69.7 Å². The van der Waals surface area contributed by atoms with E-state index >= 15 is 0 Å². The van der Waals surface area contributed by atoms with Crippen LogP contribution in [0.15, 0.2) is 58.6 Å². The lowest BCUT2D eigenvalue weighted by molar-refractivity contribution is 0.0727. The average Bonchev–Trinajstić information content (AvgIpc) is 2.45. The number of alkyl halides is 1. The molecule has 0 spiro atoms. The van der Waals surface area contributed by atoms with Gasteiger partial charge in [0.05, 0.1) is 11.1 Å². The summed E-state index contributed by atoms with van der Waals surface area (Å²) in [6, 6.07) is 14.0. The zero-order chi connectivity index (χ0) is 14.1. The summed E-state index contributed by atoms with van der Waals surface area (Å²) in [4.78, 5) is 12.3. The van der Waals surface area contributed by atoms with Crippen molar-refractivity contribution in [1.29, 1.82) is 0 Å². The molecule has 1 atom stereocenters. The number of carbonyl (C=O) groups excluding carboxylic acids is 1. The van der Waals surface area contributed by atoms with E-state index in [1.54, 1.807) is 36.4 Å². The van der Waals surface area contributed by atoms with Crippen molar-refractivity contribution in [2.75, 3.05) is 0 Å². The van der Waals surface area contributed by atoms with Gasteiger partial charge in [0.1, 0.15) is 5.75 Å². The lowest BCUT2D eigenvalue weighted by atomic mass is 9.98. The first kappa shape index (κ1) is 13.1. The van der Waals surface area contributed by atoms with Gasteiger partial charge < -0.3 is 4.74 Å². The highest BCUT2D eigenvalue weighted by molar-refractivity contribution is 9.10. The molecule has 0 bridgehead atoms. The predicted molar refractivity (Wildman–Crippen MR) is 78.4 cm³/mol. The molecule has 0 radical (unpaired) electrons. The second kappa shape index (κ2) is 5.21. The van der Waals surface area contributed by atoms with Gasteiger partial charge in [-0.25, -0.2) is 0 Å². The lowest BCUT2D eigenvalue weighted by Gasteiger charge is -2.22. The quantitative estimate of drug-likeness (QED) is 0.723. The summed E-state index contributed by atoms with van der Waals surface area (Å²) >= 11 is 3.33. The van der Waals surface area contributed by atoms with Crippen molar-refractivity contribution >= 4 is 27.8 Å². The minimum absolute atomic E-state index is 0.0195. The SMILES string of the molecule is O=C1/C(=C/c2ccc(Br)cc2)C(F)Oc2ccccc21. The average molecular weight is 333 g/mol. The smallest absolute Gasteiger partial charge is 0.268 e. The Hall–Kier alpha value is -1.94. The second-order valence-corrected chi connectivity index (χ2v) is 5.33. The molecule has 0 saturated heterocycles. The van der Waals surface area contributed by atoms with Crippen LogP contribution in [0.3, 0.4) is 0 Å². The van der Waals surface area contributed by atoms with Crippen LogP contribution in [0.4, 0.5) is 4.39 Å². The number of ketones is 1. The number of halogens is 2. The fourth-order valence-electron chi connectivity index (χ4n) is 2.06. The maximum Gasteiger partial charge on any atom is 0.268 e. The highest BCUT2D eigenvalue weighted by Crippen LogP contribution is 2.32. The van der Waals surface area contributed by atoms with Crippen molar-refractivity contribution in [2.45, 2.75) is 6.36 Å². The fourth-order valence-corrected chi connectivity index (χ4v) is 2.32. The van der Waals surface area contributed by atoms with E-state index in [9.17, 15) is 9.18 Å². The normalized spacial score (nSPS) is 19.6. The highest BCUT2D eigenvalue weighted by Gasteiger charge is 2.31. The van der Waals surface area contributed by atoms with Crippen molar-refractivity contribution in [3.8, 4) is 5.75 Å². The number of benzene rings is 2. The molecule has 2 aromatic rings. The number of rotatable bonds is 1. The minimum atomic E-state index is -1.74. The van der Waals surface area contributed by atoms with Crippen LogP contribution < -0.4 is 4.74 Å². The Morgan fingerprint density at radius 2 is 1.80 bits per heavy atom. The van der Waals surface area contributed by atoms with Crippen LogP contribution in [0, 0.1) is 0 Å². The third-order valence-corrected chi connectivity index (χ3v) is 3.59. The minimum Gasteiger partial charge on any atom is -0.455 e. The summed E-state index contributed by atoms with van der Waals surface area (Å²) < 4.78 is 20.1. The standard InChI is InChI=1S/C16H10BrFO2/c17-11-7-5-10(6-8-11)9-13-15(19)12-3-1-2-4-14(12)20-16(13)18/h1-9,16H/b13-9-. The van der Waals surface area contributed by atoms with Crippen molar-refractivity contribution in [1.82, 2.24) is 0 Å². The molecule has 3 rings (SSSR count). The Morgan fingerprint density at radius 1 is 1.10 bits per heavy atom. The van der Waals surface area contributed by atoms with Crippen molar-refractivity contribution < 1.29 is 13.9 Å². The van der Waals surface area contributed by atoms with Gasteiger partial charge in [-0.05, 0) is 35.9 Å². The molecule has 0 aromatic heterocycles. The molecule has 20 heavy (non-hydrogen) atoms. The molecule has 2 nitrogen and oxygen atoms in total. The van der Waals surface area contributed by atoms with E-state index in [0.29, 0.717) is 5.56 Å². The van der Waals surface area contributed by atoms with Crippen LogP contribution in [0.2, 0.25) is 0 Å². The van der Waals surface area contributed by atoms with Gasteiger partial charge in [-0.15, -0.1) is 0 Å². The fraction of sp³-hybridized carbons (Fsp3) is 0.0625. The van der Waals surface area contributed by atoms with E-state index in [2.05, 4.69) is 15.9 Å². The zero-order valence-electron chi connectivity index (χ0n) is 10.3. The van der Waals surface area contributed by atoms with Crippen LogP contribution in [0.1, 0.15) is 15.9 Å². The van der Waals surface area contributed by atoms with Gasteiger partial charge in [-0.3, -0.25) is 4.79 Å². The monoisotopic (exact) mass is 332 g/mol. The third kappa shape index (κ3) is 2.39. The van der Waals surface area contributed by atoms with E-state index in [4.69, 9.17) is 4.74 Å². The molecule has 1 unspecified atom stereocenters. The summed E-state index contributed by atoms with van der Waals surface area (Å²) in [6.45, 7) is 0. The van der Waals surface area contributed by atoms with E-state index in [-0.39, 0.29) is 17.1 Å². The van der Waals surface area contributed by atoms with Crippen LogP contribution in [0.25, 0.3) is 6.08 Å². The van der Waals surface area contributed by atoms with Crippen LogP contribution >= 0.6 is 15.9 Å². The number of hydrogen-bond acceptors (Lipinski definition) is 2. The molecule has 100 valence electrons. The molecule has 0 N–H and O–H groups in total. The van der Waals surface area contributed by atoms with E-state index in [1.807, 2.05) is 12.1 Å². The molecule has 0 amide bonds. The highest BCUT2D eigenvalue weighted by atomic mass is 79.9. The number of hydrogen-bond donors (Lipinski definition) is 0. The molecule has 1 aliphatic rings.